The number of anilines is 1. The second-order valence-electron chi connectivity index (χ2n) is 9.12. The zero-order valence-electron chi connectivity index (χ0n) is 18.7. The molecule has 1 amide bonds. The smallest absolute Gasteiger partial charge is 0.318 e. The van der Waals surface area contributed by atoms with Crippen molar-refractivity contribution in [2.45, 2.75) is 32.1 Å². The van der Waals surface area contributed by atoms with Gasteiger partial charge in [-0.1, -0.05) is 35.4 Å². The molecule has 0 atom stereocenters. The van der Waals surface area contributed by atoms with Crippen LogP contribution in [0.1, 0.15) is 31.2 Å². The highest BCUT2D eigenvalue weighted by Crippen LogP contribution is 2.29. The van der Waals surface area contributed by atoms with Gasteiger partial charge in [0.25, 0.3) is 0 Å². The number of hydrogen-bond acceptors (Lipinski definition) is 5. The maximum Gasteiger partial charge on any atom is 0.318 e. The molecule has 0 N–H and O–H groups in total. The Morgan fingerprint density at radius 2 is 1.61 bits per heavy atom. The first-order valence-corrected chi connectivity index (χ1v) is 11.8. The predicted octanol–water partition coefficient (Wildman–Crippen LogP) is 4.57. The zero-order chi connectivity index (χ0) is 22.6. The third-order valence-electron chi connectivity index (χ3n) is 6.91. The summed E-state index contributed by atoms with van der Waals surface area (Å²) in [7, 11) is 0. The minimum atomic E-state index is -0.300. The molecule has 0 bridgehead atoms. The van der Waals surface area contributed by atoms with Crippen LogP contribution in [-0.2, 0) is 11.2 Å². The van der Waals surface area contributed by atoms with Crippen LogP contribution in [-0.4, -0.2) is 47.2 Å². The highest BCUT2D eigenvalue weighted by atomic mass is 19.1. The summed E-state index contributed by atoms with van der Waals surface area (Å²) >= 11 is 0. The summed E-state index contributed by atoms with van der Waals surface area (Å²) in [5.74, 6) is 1.09. The normalized spacial score (nSPS) is 18.0. The van der Waals surface area contributed by atoms with E-state index >= 15 is 0 Å². The van der Waals surface area contributed by atoms with Gasteiger partial charge in [0.2, 0.25) is 11.8 Å². The number of rotatable bonds is 5. The van der Waals surface area contributed by atoms with Crippen LogP contribution in [0.3, 0.4) is 0 Å². The monoisotopic (exact) mass is 448 g/mol. The molecule has 33 heavy (non-hydrogen) atoms. The number of amides is 1. The molecule has 7 heteroatoms. The van der Waals surface area contributed by atoms with Gasteiger partial charge in [-0.2, -0.15) is 0 Å². The van der Waals surface area contributed by atoms with Gasteiger partial charge in [-0.15, -0.1) is 5.10 Å². The van der Waals surface area contributed by atoms with E-state index in [2.05, 4.69) is 45.4 Å². The van der Waals surface area contributed by atoms with Crippen molar-refractivity contribution in [1.29, 1.82) is 0 Å². The molecule has 0 saturated carbocycles. The number of nitrogens with zero attached hydrogens (tertiary/aromatic N) is 4. The Bertz CT molecular complexity index is 1050. The Balaban J connectivity index is 1.10. The molecule has 172 valence electrons. The lowest BCUT2D eigenvalue weighted by Crippen LogP contribution is -2.45. The van der Waals surface area contributed by atoms with Gasteiger partial charge in [0.05, 0.1) is 0 Å². The van der Waals surface area contributed by atoms with E-state index in [9.17, 15) is 9.18 Å². The number of likely N-dealkylation sites (tertiary alicyclic amines) is 1. The van der Waals surface area contributed by atoms with Gasteiger partial charge < -0.3 is 14.2 Å². The summed E-state index contributed by atoms with van der Waals surface area (Å²) in [6.07, 6.45) is 4.83. The molecule has 1 aromatic heterocycles. The van der Waals surface area contributed by atoms with E-state index < -0.39 is 0 Å². The van der Waals surface area contributed by atoms with E-state index in [-0.39, 0.29) is 11.7 Å². The molecule has 0 aliphatic carbocycles. The van der Waals surface area contributed by atoms with Crippen molar-refractivity contribution in [1.82, 2.24) is 15.1 Å². The molecule has 0 radical (unpaired) electrons. The van der Waals surface area contributed by atoms with Crippen molar-refractivity contribution in [3.8, 4) is 11.5 Å². The molecule has 2 aliphatic heterocycles. The van der Waals surface area contributed by atoms with Crippen LogP contribution < -0.4 is 4.90 Å². The second-order valence-corrected chi connectivity index (χ2v) is 9.12. The first-order valence-electron chi connectivity index (χ1n) is 11.8. The Morgan fingerprint density at radius 3 is 2.30 bits per heavy atom. The van der Waals surface area contributed by atoms with Crippen molar-refractivity contribution in [3.05, 3.63) is 66.0 Å². The topological polar surface area (TPSA) is 62.5 Å². The molecule has 2 aromatic carbocycles. The van der Waals surface area contributed by atoms with E-state index in [4.69, 9.17) is 4.42 Å². The third kappa shape index (κ3) is 5.07. The fourth-order valence-corrected chi connectivity index (χ4v) is 4.93. The van der Waals surface area contributed by atoms with Gasteiger partial charge in [0.15, 0.2) is 0 Å². The first-order chi connectivity index (χ1) is 16.2. The second kappa shape index (κ2) is 9.73. The number of carbonyl (C=O) groups is 1. The Morgan fingerprint density at radius 1 is 0.909 bits per heavy atom. The maximum atomic E-state index is 13.1. The van der Waals surface area contributed by atoms with E-state index in [0.717, 1.165) is 45.2 Å². The molecule has 0 spiro atoms. The summed E-state index contributed by atoms with van der Waals surface area (Å²) in [5, 5.41) is 8.26. The molecular formula is C26H29FN4O2. The van der Waals surface area contributed by atoms with Crippen LogP contribution in [0, 0.1) is 17.7 Å². The predicted molar refractivity (Wildman–Crippen MR) is 124 cm³/mol. The van der Waals surface area contributed by atoms with E-state index in [1.807, 2.05) is 4.90 Å². The van der Waals surface area contributed by atoms with Gasteiger partial charge in [-0.05, 0) is 67.9 Å². The molecule has 6 nitrogen and oxygen atoms in total. The van der Waals surface area contributed by atoms with Gasteiger partial charge in [-0.25, -0.2) is 4.39 Å². The minimum absolute atomic E-state index is 0.0615. The average Bonchev–Trinajstić information content (AvgIpc) is 3.36. The highest BCUT2D eigenvalue weighted by molar-refractivity contribution is 5.79. The molecular weight excluding hydrogens is 419 g/mol. The Kier molecular flexibility index (Phi) is 6.37. The number of aromatic nitrogens is 2. The number of benzene rings is 2. The van der Waals surface area contributed by atoms with Crippen molar-refractivity contribution in [3.63, 3.8) is 0 Å². The van der Waals surface area contributed by atoms with Gasteiger partial charge in [0, 0.05) is 37.7 Å². The SMILES string of the molecule is O=C(C1CCN(c2nnc(-c3ccc(F)cc3)o2)CC1)N1CCC(Cc2ccccc2)CC1. The van der Waals surface area contributed by atoms with Gasteiger partial charge in [-0.3, -0.25) is 4.79 Å². The summed E-state index contributed by atoms with van der Waals surface area (Å²) in [4.78, 5) is 17.2. The first kappa shape index (κ1) is 21.6. The van der Waals surface area contributed by atoms with Crippen molar-refractivity contribution >= 4 is 11.9 Å². The molecule has 3 aromatic rings. The van der Waals surface area contributed by atoms with Crippen LogP contribution in [0.5, 0.6) is 0 Å². The molecule has 2 fully saturated rings. The van der Waals surface area contributed by atoms with Crippen LogP contribution in [0.4, 0.5) is 10.4 Å². The lowest BCUT2D eigenvalue weighted by molar-refractivity contribution is -0.137. The maximum absolute atomic E-state index is 13.1. The van der Waals surface area contributed by atoms with Gasteiger partial charge >= 0.3 is 6.01 Å². The highest BCUT2D eigenvalue weighted by Gasteiger charge is 2.32. The molecule has 2 saturated heterocycles. The fraction of sp³-hybridized carbons (Fsp3) is 0.423. The van der Waals surface area contributed by atoms with Crippen LogP contribution in [0.15, 0.2) is 59.0 Å². The number of piperidine rings is 2. The Hall–Kier alpha value is -3.22. The quantitative estimate of drug-likeness (QED) is 0.572. The minimum Gasteiger partial charge on any atom is -0.403 e. The van der Waals surface area contributed by atoms with E-state index in [0.29, 0.717) is 42.4 Å². The van der Waals surface area contributed by atoms with E-state index in [1.54, 1.807) is 12.1 Å². The lowest BCUT2D eigenvalue weighted by Gasteiger charge is -2.37. The zero-order valence-corrected chi connectivity index (χ0v) is 18.7. The van der Waals surface area contributed by atoms with Crippen LogP contribution >= 0.6 is 0 Å². The summed E-state index contributed by atoms with van der Waals surface area (Å²) in [6, 6.07) is 17.1. The summed E-state index contributed by atoms with van der Waals surface area (Å²) < 4.78 is 18.9. The van der Waals surface area contributed by atoms with Crippen molar-refractivity contribution < 1.29 is 13.6 Å². The number of hydrogen-bond donors (Lipinski definition) is 0. The summed E-state index contributed by atoms with van der Waals surface area (Å²) in [5.41, 5.74) is 2.08. The average molecular weight is 449 g/mol. The number of carbonyl (C=O) groups excluding carboxylic acids is 1. The summed E-state index contributed by atoms with van der Waals surface area (Å²) in [6.45, 7) is 3.15. The fourth-order valence-electron chi connectivity index (χ4n) is 4.93. The molecule has 5 rings (SSSR count). The standard InChI is InChI=1S/C26H29FN4O2/c27-23-8-6-21(7-9-23)24-28-29-26(33-24)31-16-12-22(13-17-31)25(32)30-14-10-20(11-15-30)18-19-4-2-1-3-5-19/h1-9,20,22H,10-18H2. The van der Waals surface area contributed by atoms with Crippen molar-refractivity contribution in [2.24, 2.45) is 11.8 Å². The molecule has 2 aliphatic rings. The van der Waals surface area contributed by atoms with Gasteiger partial charge in [0.1, 0.15) is 5.82 Å². The molecule has 0 unspecified atom stereocenters. The Labute approximate surface area is 193 Å². The molecule has 3 heterocycles. The van der Waals surface area contributed by atoms with E-state index in [1.165, 1.54) is 17.7 Å². The largest absolute Gasteiger partial charge is 0.403 e. The van der Waals surface area contributed by atoms with Crippen molar-refractivity contribution in [2.75, 3.05) is 31.1 Å². The van der Waals surface area contributed by atoms with Crippen LogP contribution in [0.25, 0.3) is 11.5 Å². The number of halogens is 1. The lowest BCUT2D eigenvalue weighted by atomic mass is 9.88. The third-order valence-corrected chi connectivity index (χ3v) is 6.91. The van der Waals surface area contributed by atoms with Crippen LogP contribution in [0.2, 0.25) is 0 Å².